The standard InChI is InChI=1S/2C8H10.C7H8.C6H8OS.C6H8S2.C5H12S.C4H10S.C3H8S.C2H6S/c1-7-3-5-8(2)6-4-7;1-7-4-3-5-8(2)6-7;1-7-5-3-2-4-6-7;1-5-2-3-6(4-8)7-5;1-5-6(4-7)2-3-8-5;1-2-3-4-5-6;1-2-3-4-5;1-2-3-4;1-2-3/h2*3-6H,1-2H3;2-6H,1H3;2-3,8H,4H2,1H3;2-3,7H,4H2,1H3;6H,2-5H2,1H3;5H,2-4H2,1H3;4H,2-3H2,1H3;3H,2H2,1H3. The maximum absolute atomic E-state index is 5.16. The highest BCUT2D eigenvalue weighted by Gasteiger charge is 1.93. The highest BCUT2D eigenvalue weighted by Crippen LogP contribution is 2.16. The van der Waals surface area contributed by atoms with Gasteiger partial charge in [0.2, 0.25) is 0 Å². The zero-order valence-corrected chi connectivity index (χ0v) is 43.5. The molecule has 324 valence electrons. The first-order chi connectivity index (χ1) is 27.3. The minimum absolute atomic E-state index is 0.688. The Hall–Kier alpha value is -1.26. The molecule has 0 aliphatic rings. The molecule has 0 saturated heterocycles. The second kappa shape index (κ2) is 49.1. The van der Waals surface area contributed by atoms with Crippen LogP contribution in [0, 0.1) is 48.5 Å². The van der Waals surface area contributed by atoms with Crippen LogP contribution >= 0.6 is 87.1 Å². The number of rotatable bonds is 8. The topological polar surface area (TPSA) is 13.1 Å². The second-order valence-corrected chi connectivity index (χ2v) is 16.6. The van der Waals surface area contributed by atoms with Crippen molar-refractivity contribution in [1.82, 2.24) is 0 Å². The Morgan fingerprint density at radius 3 is 1.11 bits per heavy atom. The summed E-state index contributed by atoms with van der Waals surface area (Å²) in [6.07, 6.45) is 7.62. The molecule has 57 heavy (non-hydrogen) atoms. The predicted molar refractivity (Wildman–Crippen MR) is 287 cm³/mol. The molecule has 5 aromatic rings. The Labute approximate surface area is 389 Å². The highest BCUT2D eigenvalue weighted by atomic mass is 32.1. The molecule has 0 aliphatic carbocycles. The Morgan fingerprint density at radius 1 is 0.456 bits per heavy atom. The number of unbranched alkanes of at least 4 members (excludes halogenated alkanes) is 3. The van der Waals surface area contributed by atoms with Crippen molar-refractivity contribution in [2.75, 3.05) is 23.0 Å². The summed E-state index contributed by atoms with van der Waals surface area (Å²) in [5.74, 6) is 7.49. The van der Waals surface area contributed by atoms with E-state index in [-0.39, 0.29) is 0 Å². The zero-order valence-electron chi connectivity index (χ0n) is 37.3. The minimum Gasteiger partial charge on any atom is -0.466 e. The third-order valence-corrected chi connectivity index (χ3v) is 9.54. The van der Waals surface area contributed by atoms with Crippen LogP contribution in [0.3, 0.4) is 0 Å². The number of hydrogen-bond donors (Lipinski definition) is 6. The van der Waals surface area contributed by atoms with Crippen LogP contribution < -0.4 is 0 Å². The fourth-order valence-corrected chi connectivity index (χ4v) is 5.53. The van der Waals surface area contributed by atoms with E-state index < -0.39 is 0 Å². The van der Waals surface area contributed by atoms with Crippen LogP contribution in [0.25, 0.3) is 0 Å². The lowest BCUT2D eigenvalue weighted by Gasteiger charge is -1.90. The fourth-order valence-electron chi connectivity index (χ4n) is 3.64. The van der Waals surface area contributed by atoms with Crippen molar-refractivity contribution in [2.24, 2.45) is 0 Å². The molecule has 0 bridgehead atoms. The monoisotopic (exact) mass is 908 g/mol. The molecule has 0 atom stereocenters. The van der Waals surface area contributed by atoms with Crippen LogP contribution in [-0.2, 0) is 11.5 Å². The fraction of sp³-hybridized carbons (Fsp3) is 0.469. The third-order valence-electron chi connectivity index (χ3n) is 6.92. The largest absolute Gasteiger partial charge is 0.466 e. The number of furan rings is 1. The lowest BCUT2D eigenvalue weighted by molar-refractivity contribution is 0.501. The van der Waals surface area contributed by atoms with Gasteiger partial charge in [-0.05, 0) is 120 Å². The quantitative estimate of drug-likeness (QED) is 0.0674. The van der Waals surface area contributed by atoms with Crippen LogP contribution in [0.2, 0.25) is 0 Å². The molecule has 0 radical (unpaired) electrons. The lowest BCUT2D eigenvalue weighted by atomic mass is 10.2. The molecule has 8 heteroatoms. The van der Waals surface area contributed by atoms with E-state index in [0.29, 0.717) is 5.75 Å². The highest BCUT2D eigenvalue weighted by molar-refractivity contribution is 7.80. The molecule has 1 nitrogen and oxygen atoms in total. The van der Waals surface area contributed by atoms with Crippen LogP contribution in [0.4, 0.5) is 0 Å². The summed E-state index contributed by atoms with van der Waals surface area (Å²) in [5.41, 5.74) is 8.02. The number of thiol groups is 6. The molecule has 0 aliphatic heterocycles. The number of thiophene rings is 1. The van der Waals surface area contributed by atoms with Crippen molar-refractivity contribution >= 4 is 87.1 Å². The van der Waals surface area contributed by atoms with Crippen LogP contribution in [0.1, 0.15) is 116 Å². The summed E-state index contributed by atoms with van der Waals surface area (Å²) in [5, 5.41) is 2.10. The Bertz CT molecular complexity index is 1420. The van der Waals surface area contributed by atoms with Gasteiger partial charge >= 0.3 is 0 Å². The van der Waals surface area contributed by atoms with Crippen LogP contribution in [-0.4, -0.2) is 23.0 Å². The predicted octanol–water partition coefficient (Wildman–Crippen LogP) is 17.2. The van der Waals surface area contributed by atoms with E-state index in [1.54, 1.807) is 11.3 Å². The first-order valence-electron chi connectivity index (χ1n) is 20.1. The molecule has 0 spiro atoms. The van der Waals surface area contributed by atoms with Crippen molar-refractivity contribution < 1.29 is 4.42 Å². The van der Waals surface area contributed by atoms with Gasteiger partial charge in [0.05, 0.1) is 0 Å². The Balaban J connectivity index is -0.000000281. The molecule has 3 aromatic carbocycles. The van der Waals surface area contributed by atoms with E-state index in [2.05, 4.69) is 210 Å². The Kier molecular flexibility index (Phi) is 53.7. The number of aryl methyl sites for hydroxylation is 7. The minimum atomic E-state index is 0.688. The molecule has 0 saturated carbocycles. The van der Waals surface area contributed by atoms with Gasteiger partial charge in [-0.1, -0.05) is 154 Å². The van der Waals surface area contributed by atoms with E-state index in [1.165, 1.54) is 76.8 Å². The average molecular weight is 910 g/mol. The molecule has 0 N–H and O–H groups in total. The van der Waals surface area contributed by atoms with E-state index >= 15 is 0 Å². The van der Waals surface area contributed by atoms with Crippen molar-refractivity contribution in [2.45, 2.75) is 126 Å². The number of hydrogen-bond acceptors (Lipinski definition) is 8. The second-order valence-electron chi connectivity index (χ2n) is 12.8. The molecule has 2 heterocycles. The first-order valence-corrected chi connectivity index (χ1v) is 24.8. The molecular formula is C49H80OS7. The van der Waals surface area contributed by atoms with Crippen molar-refractivity contribution in [3.8, 4) is 0 Å². The summed E-state index contributed by atoms with van der Waals surface area (Å²) in [6, 6.07) is 33.2. The van der Waals surface area contributed by atoms with Gasteiger partial charge in [0.25, 0.3) is 0 Å². The summed E-state index contributed by atoms with van der Waals surface area (Å²) in [4.78, 5) is 1.39. The Morgan fingerprint density at radius 2 is 0.912 bits per heavy atom. The van der Waals surface area contributed by atoms with Gasteiger partial charge in [-0.25, -0.2) is 0 Å². The van der Waals surface area contributed by atoms with Gasteiger partial charge in [0, 0.05) is 16.4 Å². The SMILES string of the molecule is CCCCCS.CCCCS.CCCS.CCS.Cc1ccc(C)cc1.Cc1ccc(CS)o1.Cc1cccc(C)c1.Cc1ccccc1.Cc1sccc1CS. The molecular weight excluding hydrogens is 829 g/mol. The van der Waals surface area contributed by atoms with Crippen LogP contribution in [0.15, 0.2) is 107 Å². The molecule has 0 unspecified atom stereocenters. The smallest absolute Gasteiger partial charge is 0.113 e. The van der Waals surface area contributed by atoms with Gasteiger partial charge in [0.1, 0.15) is 11.5 Å². The molecule has 5 rings (SSSR count). The maximum atomic E-state index is 5.16. The van der Waals surface area contributed by atoms with Crippen molar-refractivity contribution in [3.63, 3.8) is 0 Å². The van der Waals surface area contributed by atoms with Gasteiger partial charge in [-0.3, -0.25) is 0 Å². The van der Waals surface area contributed by atoms with E-state index in [0.717, 1.165) is 40.3 Å². The lowest BCUT2D eigenvalue weighted by Crippen LogP contribution is -1.71. The maximum Gasteiger partial charge on any atom is 0.113 e. The summed E-state index contributed by atoms with van der Waals surface area (Å²) in [6.45, 7) is 23.0. The van der Waals surface area contributed by atoms with Gasteiger partial charge in [0.15, 0.2) is 0 Å². The van der Waals surface area contributed by atoms with Gasteiger partial charge < -0.3 is 4.42 Å². The van der Waals surface area contributed by atoms with Gasteiger partial charge in [-0.15, -0.1) is 11.3 Å². The molecule has 0 amide bonds. The van der Waals surface area contributed by atoms with Crippen molar-refractivity contribution in [1.29, 1.82) is 0 Å². The average Bonchev–Trinajstić information content (AvgIpc) is 3.84. The normalized spacial score (nSPS) is 8.93. The van der Waals surface area contributed by atoms with E-state index in [9.17, 15) is 0 Å². The third kappa shape index (κ3) is 49.0. The van der Waals surface area contributed by atoms with Gasteiger partial charge in [-0.2, -0.15) is 75.8 Å². The zero-order chi connectivity index (χ0) is 44.1. The molecule has 2 aromatic heterocycles. The van der Waals surface area contributed by atoms with E-state index in [4.69, 9.17) is 4.42 Å². The summed E-state index contributed by atoms with van der Waals surface area (Å²) < 4.78 is 5.16. The number of benzene rings is 3. The molecule has 0 fully saturated rings. The first kappa shape index (κ1) is 62.4. The van der Waals surface area contributed by atoms with Crippen LogP contribution in [0.5, 0.6) is 0 Å². The summed E-state index contributed by atoms with van der Waals surface area (Å²) in [7, 11) is 0. The summed E-state index contributed by atoms with van der Waals surface area (Å²) >= 11 is 25.7. The van der Waals surface area contributed by atoms with Crippen molar-refractivity contribution in [3.05, 3.63) is 152 Å². The van der Waals surface area contributed by atoms with E-state index in [1.807, 2.05) is 44.2 Å².